The van der Waals surface area contributed by atoms with E-state index in [1.54, 1.807) is 12.4 Å². The van der Waals surface area contributed by atoms with Crippen LogP contribution >= 0.6 is 0 Å². The first-order valence-corrected chi connectivity index (χ1v) is 6.67. The van der Waals surface area contributed by atoms with Gasteiger partial charge in [-0.3, -0.25) is 14.6 Å². The smallest absolute Gasteiger partial charge is 0.255 e. The summed E-state index contributed by atoms with van der Waals surface area (Å²) in [4.78, 5) is 30.9. The van der Waals surface area contributed by atoms with E-state index in [1.165, 1.54) is 0 Å². The number of fused-ring (bicyclic) bond motifs is 1. The van der Waals surface area contributed by atoms with Crippen LogP contribution in [0.2, 0.25) is 0 Å². The van der Waals surface area contributed by atoms with E-state index in [2.05, 4.69) is 20.6 Å². The summed E-state index contributed by atoms with van der Waals surface area (Å²) in [6, 6.07) is 3.59. The molecule has 6 heteroatoms. The van der Waals surface area contributed by atoms with Gasteiger partial charge < -0.3 is 15.6 Å². The van der Waals surface area contributed by atoms with Gasteiger partial charge in [0, 0.05) is 30.9 Å². The predicted octanol–water partition coefficient (Wildman–Crippen LogP) is 0.960. The zero-order valence-electron chi connectivity index (χ0n) is 11.1. The van der Waals surface area contributed by atoms with Crippen LogP contribution < -0.4 is 10.6 Å². The predicted molar refractivity (Wildman–Crippen MR) is 74.2 cm³/mol. The summed E-state index contributed by atoms with van der Waals surface area (Å²) in [6.45, 7) is 1.90. The molecule has 1 saturated heterocycles. The van der Waals surface area contributed by atoms with Gasteiger partial charge in [-0.25, -0.2) is 0 Å². The second-order valence-corrected chi connectivity index (χ2v) is 5.08. The lowest BCUT2D eigenvalue weighted by Gasteiger charge is -2.30. The maximum absolute atomic E-state index is 12.3. The monoisotopic (exact) mass is 272 g/mol. The highest BCUT2D eigenvalue weighted by Crippen LogP contribution is 2.16. The van der Waals surface area contributed by atoms with Crippen LogP contribution in [0.4, 0.5) is 0 Å². The molecular weight excluding hydrogens is 256 g/mol. The summed E-state index contributed by atoms with van der Waals surface area (Å²) < 4.78 is 0. The maximum atomic E-state index is 12.3. The highest BCUT2D eigenvalue weighted by molar-refractivity contribution is 6.05. The van der Waals surface area contributed by atoms with E-state index in [0.29, 0.717) is 23.9 Å². The van der Waals surface area contributed by atoms with Crippen LogP contribution in [0.25, 0.3) is 11.0 Å². The summed E-state index contributed by atoms with van der Waals surface area (Å²) in [5.74, 6) is -0.125. The van der Waals surface area contributed by atoms with E-state index in [4.69, 9.17) is 0 Å². The number of H-pyrrole nitrogens is 1. The van der Waals surface area contributed by atoms with Crippen LogP contribution in [0.15, 0.2) is 24.5 Å². The highest BCUT2D eigenvalue weighted by atomic mass is 16.2. The maximum Gasteiger partial charge on any atom is 0.255 e. The second kappa shape index (κ2) is 4.96. The third kappa shape index (κ3) is 2.24. The molecule has 3 heterocycles. The minimum absolute atomic E-state index is 0.0387. The molecule has 0 saturated carbocycles. The molecule has 2 amide bonds. The minimum atomic E-state index is -0.164. The number of pyridine rings is 1. The molecule has 1 aliphatic heterocycles. The van der Waals surface area contributed by atoms with E-state index >= 15 is 0 Å². The summed E-state index contributed by atoms with van der Waals surface area (Å²) in [5.41, 5.74) is 2.03. The summed E-state index contributed by atoms with van der Waals surface area (Å²) in [5, 5.41) is 5.81. The molecule has 1 fully saturated rings. The van der Waals surface area contributed by atoms with Crippen LogP contribution in [0.3, 0.4) is 0 Å². The van der Waals surface area contributed by atoms with Crippen LogP contribution in [0.1, 0.15) is 30.1 Å². The molecule has 1 aliphatic rings. The Morgan fingerprint density at radius 2 is 2.35 bits per heavy atom. The fourth-order valence-electron chi connectivity index (χ4n) is 2.53. The summed E-state index contributed by atoms with van der Waals surface area (Å²) in [6.07, 6.45) is 4.44. The van der Waals surface area contributed by atoms with Crippen LogP contribution in [-0.2, 0) is 4.79 Å². The van der Waals surface area contributed by atoms with Crippen LogP contribution in [0.5, 0.6) is 0 Å². The Labute approximate surface area is 116 Å². The van der Waals surface area contributed by atoms with Crippen molar-refractivity contribution in [1.29, 1.82) is 0 Å². The van der Waals surface area contributed by atoms with Gasteiger partial charge in [0.05, 0.1) is 11.1 Å². The Morgan fingerprint density at radius 1 is 1.50 bits per heavy atom. The van der Waals surface area contributed by atoms with E-state index in [-0.39, 0.29) is 23.9 Å². The van der Waals surface area contributed by atoms with Gasteiger partial charge in [0.1, 0.15) is 5.52 Å². The first-order valence-electron chi connectivity index (χ1n) is 6.67. The van der Waals surface area contributed by atoms with E-state index < -0.39 is 0 Å². The van der Waals surface area contributed by atoms with Gasteiger partial charge in [0.2, 0.25) is 5.91 Å². The van der Waals surface area contributed by atoms with Crippen molar-refractivity contribution in [1.82, 2.24) is 20.6 Å². The third-order valence-corrected chi connectivity index (χ3v) is 3.67. The van der Waals surface area contributed by atoms with Gasteiger partial charge >= 0.3 is 0 Å². The lowest BCUT2D eigenvalue weighted by atomic mass is 9.99. The highest BCUT2D eigenvalue weighted by Gasteiger charge is 2.27. The number of aromatic amines is 1. The molecule has 0 spiro atoms. The number of hydrogen-bond donors (Lipinski definition) is 3. The van der Waals surface area contributed by atoms with Gasteiger partial charge in [-0.2, -0.15) is 0 Å². The Balaban J connectivity index is 1.78. The summed E-state index contributed by atoms with van der Waals surface area (Å²) in [7, 11) is 0. The van der Waals surface area contributed by atoms with Crippen molar-refractivity contribution in [2.75, 3.05) is 0 Å². The minimum Gasteiger partial charge on any atom is -0.359 e. The summed E-state index contributed by atoms with van der Waals surface area (Å²) >= 11 is 0. The van der Waals surface area contributed by atoms with Crippen molar-refractivity contribution in [2.24, 2.45) is 0 Å². The number of hydrogen-bond acceptors (Lipinski definition) is 3. The van der Waals surface area contributed by atoms with Gasteiger partial charge in [0.25, 0.3) is 5.91 Å². The SMILES string of the molecule is CC1NC(=O)CCC1NC(=O)c1c[nH]c2cccnc12. The molecule has 2 unspecified atom stereocenters. The zero-order chi connectivity index (χ0) is 14.1. The Hall–Kier alpha value is -2.37. The van der Waals surface area contributed by atoms with Crippen LogP contribution in [0, 0.1) is 0 Å². The van der Waals surface area contributed by atoms with Crippen molar-refractivity contribution in [3.63, 3.8) is 0 Å². The molecule has 2 aromatic rings. The molecule has 0 radical (unpaired) electrons. The molecular formula is C14H16N4O2. The topological polar surface area (TPSA) is 86.9 Å². The number of piperidine rings is 1. The normalized spacial score (nSPS) is 22.6. The largest absolute Gasteiger partial charge is 0.359 e. The van der Waals surface area contributed by atoms with E-state index in [1.807, 2.05) is 19.1 Å². The zero-order valence-corrected chi connectivity index (χ0v) is 11.1. The molecule has 0 aliphatic carbocycles. The number of amides is 2. The Bertz CT molecular complexity index is 664. The Morgan fingerprint density at radius 3 is 3.15 bits per heavy atom. The van der Waals surface area contributed by atoms with Gasteiger partial charge in [-0.15, -0.1) is 0 Å². The van der Waals surface area contributed by atoms with E-state index in [9.17, 15) is 9.59 Å². The molecule has 6 nitrogen and oxygen atoms in total. The molecule has 2 atom stereocenters. The standard InChI is InChI=1S/C14H16N4O2/c1-8-10(4-5-12(19)17-8)18-14(20)9-7-16-11-3-2-6-15-13(9)11/h2-3,6-8,10,16H,4-5H2,1H3,(H,17,19)(H,18,20). The molecule has 0 aromatic carbocycles. The number of rotatable bonds is 2. The molecule has 2 aromatic heterocycles. The molecule has 104 valence electrons. The lowest BCUT2D eigenvalue weighted by molar-refractivity contribution is -0.123. The van der Waals surface area contributed by atoms with Crippen molar-refractivity contribution >= 4 is 22.8 Å². The van der Waals surface area contributed by atoms with Gasteiger partial charge in [-0.05, 0) is 25.5 Å². The lowest BCUT2D eigenvalue weighted by Crippen LogP contribution is -2.53. The number of nitrogens with one attached hydrogen (secondary N) is 3. The van der Waals surface area contributed by atoms with Gasteiger partial charge in [0.15, 0.2) is 0 Å². The second-order valence-electron chi connectivity index (χ2n) is 5.08. The molecule has 0 bridgehead atoms. The molecule has 3 N–H and O–H groups in total. The molecule has 20 heavy (non-hydrogen) atoms. The number of aromatic nitrogens is 2. The first kappa shape index (κ1) is 12.7. The quantitative estimate of drug-likeness (QED) is 0.761. The van der Waals surface area contributed by atoms with Crippen molar-refractivity contribution < 1.29 is 9.59 Å². The average molecular weight is 272 g/mol. The van der Waals surface area contributed by atoms with Crippen molar-refractivity contribution in [2.45, 2.75) is 31.8 Å². The average Bonchev–Trinajstić information content (AvgIpc) is 2.86. The number of nitrogens with zero attached hydrogens (tertiary/aromatic N) is 1. The fraction of sp³-hybridized carbons (Fsp3) is 0.357. The first-order chi connectivity index (χ1) is 9.65. The van der Waals surface area contributed by atoms with Crippen molar-refractivity contribution in [3.05, 3.63) is 30.1 Å². The Kier molecular flexibility index (Phi) is 3.14. The fourth-order valence-corrected chi connectivity index (χ4v) is 2.53. The number of carbonyl (C=O) groups excluding carboxylic acids is 2. The van der Waals surface area contributed by atoms with Crippen LogP contribution in [-0.4, -0.2) is 33.9 Å². The number of carbonyl (C=O) groups is 2. The third-order valence-electron chi connectivity index (χ3n) is 3.67. The van der Waals surface area contributed by atoms with Crippen molar-refractivity contribution in [3.8, 4) is 0 Å². The van der Waals surface area contributed by atoms with E-state index in [0.717, 1.165) is 5.52 Å². The molecule has 3 rings (SSSR count). The van der Waals surface area contributed by atoms with Gasteiger partial charge in [-0.1, -0.05) is 0 Å².